The number of amides is 1. The molecule has 2 aromatic rings. The average molecular weight is 484 g/mol. The number of esters is 2. The third-order valence-electron chi connectivity index (χ3n) is 4.10. The molecule has 2 heterocycles. The van der Waals surface area contributed by atoms with Crippen LogP contribution in [0.3, 0.4) is 0 Å². The molecule has 1 aliphatic rings. The summed E-state index contributed by atoms with van der Waals surface area (Å²) in [6.45, 7) is 1.98. The zero-order chi connectivity index (χ0) is 24.5. The molecule has 12 heteroatoms. The van der Waals surface area contributed by atoms with Crippen LogP contribution in [0.15, 0.2) is 57.7 Å². The van der Waals surface area contributed by atoms with E-state index in [1.54, 1.807) is 25.1 Å². The summed E-state index contributed by atoms with van der Waals surface area (Å²) < 4.78 is 20.6. The van der Waals surface area contributed by atoms with E-state index in [0.29, 0.717) is 22.6 Å². The summed E-state index contributed by atoms with van der Waals surface area (Å²) in [6, 6.07) is 8.02. The number of rotatable bonds is 8. The fourth-order valence-electron chi connectivity index (χ4n) is 2.56. The van der Waals surface area contributed by atoms with Gasteiger partial charge < -0.3 is 18.9 Å². The van der Waals surface area contributed by atoms with Gasteiger partial charge in [-0.05, 0) is 48.5 Å². The van der Waals surface area contributed by atoms with Gasteiger partial charge in [0.25, 0.3) is 5.91 Å². The fraction of sp³-hybridized carbons (Fsp3) is 0.182. The molecule has 1 aromatic heterocycles. The lowest BCUT2D eigenvalue weighted by Crippen LogP contribution is -2.19. The zero-order valence-electron chi connectivity index (χ0n) is 18.4. The van der Waals surface area contributed by atoms with Gasteiger partial charge >= 0.3 is 11.9 Å². The molecule has 0 aliphatic carbocycles. The number of benzene rings is 1. The van der Waals surface area contributed by atoms with Gasteiger partial charge in [-0.3, -0.25) is 10.1 Å². The number of nitrogens with one attached hydrogen (secondary N) is 1. The SMILES string of the molecule is CCOC(=O)c1ccnc(Oc2ccc(C=N/N=C3/NC(=O)/C(=C\C(=O)OC)S3)cc2OC)c1. The molecule has 34 heavy (non-hydrogen) atoms. The average Bonchev–Trinajstić information content (AvgIpc) is 3.18. The van der Waals surface area contributed by atoms with E-state index in [9.17, 15) is 14.4 Å². The number of pyridine rings is 1. The number of amidine groups is 1. The quantitative estimate of drug-likeness (QED) is 0.259. The van der Waals surface area contributed by atoms with Crippen molar-refractivity contribution in [2.75, 3.05) is 20.8 Å². The van der Waals surface area contributed by atoms with Crippen LogP contribution >= 0.6 is 11.8 Å². The second-order valence-corrected chi connectivity index (χ2v) is 7.38. The van der Waals surface area contributed by atoms with Crippen molar-refractivity contribution in [2.45, 2.75) is 6.92 Å². The Labute approximate surface area is 198 Å². The van der Waals surface area contributed by atoms with Gasteiger partial charge in [-0.2, -0.15) is 5.10 Å². The molecule has 1 aliphatic heterocycles. The summed E-state index contributed by atoms with van der Waals surface area (Å²) in [5.41, 5.74) is 0.955. The molecule has 0 atom stereocenters. The van der Waals surface area contributed by atoms with E-state index in [1.165, 1.54) is 38.8 Å². The van der Waals surface area contributed by atoms with Crippen LogP contribution in [0.4, 0.5) is 0 Å². The highest BCUT2D eigenvalue weighted by Gasteiger charge is 2.25. The summed E-state index contributed by atoms with van der Waals surface area (Å²) in [4.78, 5) is 39.3. The standard InChI is InChI=1S/C22H20N4O7S/c1-4-32-21(29)14-7-8-23-18(10-14)33-15-6-5-13(9-16(15)30-2)12-24-26-22-25-20(28)17(34-22)11-19(27)31-3/h5-12H,4H2,1-3H3,(H,25,26,28)/b17-11+,24-12?. The number of aromatic nitrogens is 1. The smallest absolute Gasteiger partial charge is 0.338 e. The van der Waals surface area contributed by atoms with Crippen LogP contribution < -0.4 is 14.8 Å². The van der Waals surface area contributed by atoms with Crippen molar-refractivity contribution in [2.24, 2.45) is 10.2 Å². The van der Waals surface area contributed by atoms with Gasteiger partial charge in [0.2, 0.25) is 5.88 Å². The van der Waals surface area contributed by atoms with Crippen LogP contribution in [0.25, 0.3) is 0 Å². The largest absolute Gasteiger partial charge is 0.493 e. The van der Waals surface area contributed by atoms with Crippen LogP contribution in [0.2, 0.25) is 0 Å². The van der Waals surface area contributed by atoms with Gasteiger partial charge in [-0.15, -0.1) is 5.10 Å². The number of nitrogens with zero attached hydrogens (tertiary/aromatic N) is 3. The molecule has 1 aromatic carbocycles. The third-order valence-corrected chi connectivity index (χ3v) is 5.00. The monoisotopic (exact) mass is 484 g/mol. The first kappa shape index (κ1) is 24.5. The summed E-state index contributed by atoms with van der Waals surface area (Å²) in [5, 5.41) is 10.6. The van der Waals surface area contributed by atoms with Gasteiger partial charge in [0.05, 0.1) is 37.5 Å². The van der Waals surface area contributed by atoms with Gasteiger partial charge in [-0.1, -0.05) is 0 Å². The molecular formula is C22H20N4O7S. The van der Waals surface area contributed by atoms with Crippen LogP contribution in [-0.2, 0) is 19.1 Å². The van der Waals surface area contributed by atoms with Crippen LogP contribution in [0.1, 0.15) is 22.8 Å². The van der Waals surface area contributed by atoms with E-state index in [0.717, 1.165) is 17.8 Å². The summed E-state index contributed by atoms with van der Waals surface area (Å²) in [7, 11) is 2.70. The van der Waals surface area contributed by atoms with Gasteiger partial charge in [0, 0.05) is 18.3 Å². The Hall–Kier alpha value is -4.19. The van der Waals surface area contributed by atoms with E-state index in [2.05, 4.69) is 25.2 Å². The predicted molar refractivity (Wildman–Crippen MR) is 124 cm³/mol. The maximum atomic E-state index is 11.9. The fourth-order valence-corrected chi connectivity index (χ4v) is 3.30. The van der Waals surface area contributed by atoms with Crippen LogP contribution in [0.5, 0.6) is 17.4 Å². The first-order valence-electron chi connectivity index (χ1n) is 9.82. The molecule has 0 spiro atoms. The Morgan fingerprint density at radius 3 is 2.74 bits per heavy atom. The molecular weight excluding hydrogens is 464 g/mol. The minimum atomic E-state index is -0.639. The Balaban J connectivity index is 1.70. The molecule has 0 unspecified atom stereocenters. The minimum absolute atomic E-state index is 0.157. The lowest BCUT2D eigenvalue weighted by Gasteiger charge is -2.10. The lowest BCUT2D eigenvalue weighted by atomic mass is 10.2. The van der Waals surface area contributed by atoms with Crippen molar-refractivity contribution in [1.29, 1.82) is 0 Å². The van der Waals surface area contributed by atoms with Crippen molar-refractivity contribution < 1.29 is 33.3 Å². The van der Waals surface area contributed by atoms with Gasteiger partial charge in [0.15, 0.2) is 16.7 Å². The predicted octanol–water partition coefficient (Wildman–Crippen LogP) is 2.67. The van der Waals surface area contributed by atoms with E-state index in [4.69, 9.17) is 14.2 Å². The molecule has 0 saturated carbocycles. The molecule has 176 valence electrons. The molecule has 0 radical (unpaired) electrons. The summed E-state index contributed by atoms with van der Waals surface area (Å²) in [6.07, 6.45) is 3.97. The molecule has 11 nitrogen and oxygen atoms in total. The number of carbonyl (C=O) groups is 3. The Morgan fingerprint density at radius 2 is 2.00 bits per heavy atom. The molecule has 1 saturated heterocycles. The topological polar surface area (TPSA) is 138 Å². The Morgan fingerprint density at radius 1 is 1.18 bits per heavy atom. The maximum absolute atomic E-state index is 11.9. The van der Waals surface area contributed by atoms with Gasteiger partial charge in [0.1, 0.15) is 0 Å². The first-order valence-corrected chi connectivity index (χ1v) is 10.6. The number of thioether (sulfide) groups is 1. The molecule has 1 N–H and O–H groups in total. The first-order chi connectivity index (χ1) is 16.4. The Kier molecular flexibility index (Phi) is 8.35. The van der Waals surface area contributed by atoms with Crippen molar-refractivity contribution in [3.63, 3.8) is 0 Å². The third kappa shape index (κ3) is 6.42. The van der Waals surface area contributed by atoms with E-state index < -0.39 is 17.8 Å². The Bertz CT molecular complexity index is 1190. The maximum Gasteiger partial charge on any atom is 0.338 e. The van der Waals surface area contributed by atoms with E-state index >= 15 is 0 Å². The number of methoxy groups -OCH3 is 2. The van der Waals surface area contributed by atoms with Crippen molar-refractivity contribution in [3.05, 3.63) is 58.6 Å². The number of ether oxygens (including phenoxy) is 4. The minimum Gasteiger partial charge on any atom is -0.493 e. The number of hydrogen-bond donors (Lipinski definition) is 1. The van der Waals surface area contributed by atoms with Crippen molar-refractivity contribution >= 4 is 41.0 Å². The van der Waals surface area contributed by atoms with Crippen LogP contribution in [0, 0.1) is 0 Å². The zero-order valence-corrected chi connectivity index (χ0v) is 19.3. The highest BCUT2D eigenvalue weighted by molar-refractivity contribution is 8.18. The van der Waals surface area contributed by atoms with Crippen molar-refractivity contribution in [1.82, 2.24) is 10.3 Å². The molecule has 1 amide bonds. The lowest BCUT2D eigenvalue weighted by molar-refractivity contribution is -0.135. The van der Waals surface area contributed by atoms with E-state index in [1.807, 2.05) is 0 Å². The number of carbonyl (C=O) groups excluding carboxylic acids is 3. The molecule has 3 rings (SSSR count). The summed E-state index contributed by atoms with van der Waals surface area (Å²) in [5.74, 6) is -0.615. The van der Waals surface area contributed by atoms with Crippen LogP contribution in [-0.4, -0.2) is 55.0 Å². The van der Waals surface area contributed by atoms with E-state index in [-0.39, 0.29) is 22.6 Å². The summed E-state index contributed by atoms with van der Waals surface area (Å²) >= 11 is 0.966. The molecule has 1 fully saturated rings. The second kappa shape index (κ2) is 11.6. The molecule has 0 bridgehead atoms. The van der Waals surface area contributed by atoms with Gasteiger partial charge in [-0.25, -0.2) is 14.6 Å². The highest BCUT2D eigenvalue weighted by Crippen LogP contribution is 2.31. The van der Waals surface area contributed by atoms with Crippen molar-refractivity contribution in [3.8, 4) is 17.4 Å². The number of hydrogen-bond acceptors (Lipinski definition) is 11. The second-order valence-electron chi connectivity index (χ2n) is 6.35. The highest BCUT2D eigenvalue weighted by atomic mass is 32.2. The normalized spacial score (nSPS) is 15.4.